The zero-order chi connectivity index (χ0) is 23.5. The number of piperidine rings is 1. The van der Waals surface area contributed by atoms with Gasteiger partial charge in [0.15, 0.2) is 5.65 Å². The lowest BCUT2D eigenvalue weighted by Crippen LogP contribution is -2.38. The van der Waals surface area contributed by atoms with Crippen molar-refractivity contribution in [2.75, 3.05) is 25.5 Å². The molecule has 1 amide bonds. The minimum absolute atomic E-state index is 0.0272. The molecule has 0 saturated carbocycles. The number of likely N-dealkylation sites (tertiary alicyclic amines) is 1. The highest BCUT2D eigenvalue weighted by molar-refractivity contribution is 9.10. The number of ether oxygens (including phenoxy) is 1. The standard InChI is InChI=1S/C26H26BrN5O2/c1-34-21-9-5-6-18(14-21)15-28-24-22(16-29-25-23(27)17-30-32(24)25)26(33)31-12-10-20(11-13-31)19-7-3-2-4-8-19/h2-9,14,16-17,20,28H,10-13,15H2,1H3. The Morgan fingerprint density at radius 2 is 1.91 bits per heavy atom. The quantitative estimate of drug-likeness (QED) is 0.382. The lowest BCUT2D eigenvalue weighted by atomic mass is 9.89. The predicted molar refractivity (Wildman–Crippen MR) is 135 cm³/mol. The van der Waals surface area contributed by atoms with Crippen molar-refractivity contribution in [3.8, 4) is 5.75 Å². The van der Waals surface area contributed by atoms with Crippen molar-refractivity contribution in [2.45, 2.75) is 25.3 Å². The molecule has 0 atom stereocenters. The number of hydrogen-bond donors (Lipinski definition) is 1. The van der Waals surface area contributed by atoms with Crippen LogP contribution < -0.4 is 10.1 Å². The van der Waals surface area contributed by atoms with Crippen LogP contribution in [-0.2, 0) is 6.54 Å². The fraction of sp³-hybridized carbons (Fsp3) is 0.269. The topological polar surface area (TPSA) is 71.8 Å². The minimum atomic E-state index is -0.0272. The molecule has 1 saturated heterocycles. The average molecular weight is 520 g/mol. The van der Waals surface area contributed by atoms with E-state index < -0.39 is 0 Å². The molecular weight excluding hydrogens is 494 g/mol. The SMILES string of the molecule is COc1cccc(CNc2c(C(=O)N3CCC(c4ccccc4)CC3)cnc3c(Br)cnn23)c1. The summed E-state index contributed by atoms with van der Waals surface area (Å²) >= 11 is 3.50. The van der Waals surface area contributed by atoms with Crippen LogP contribution in [0.15, 0.2) is 71.5 Å². The molecule has 8 heteroatoms. The van der Waals surface area contributed by atoms with Gasteiger partial charge in [0.2, 0.25) is 0 Å². The lowest BCUT2D eigenvalue weighted by Gasteiger charge is -2.32. The number of nitrogens with one attached hydrogen (secondary N) is 1. The summed E-state index contributed by atoms with van der Waals surface area (Å²) in [6.45, 7) is 1.95. The monoisotopic (exact) mass is 519 g/mol. The maximum Gasteiger partial charge on any atom is 0.259 e. The summed E-state index contributed by atoms with van der Waals surface area (Å²) in [7, 11) is 1.65. The van der Waals surface area contributed by atoms with Gasteiger partial charge in [-0.05, 0) is 57.9 Å². The van der Waals surface area contributed by atoms with Crippen molar-refractivity contribution in [1.29, 1.82) is 0 Å². The van der Waals surface area contributed by atoms with Crippen LogP contribution >= 0.6 is 15.9 Å². The Labute approximate surface area is 206 Å². The number of aromatic nitrogens is 3. The first-order chi connectivity index (χ1) is 16.6. The number of carbonyl (C=O) groups is 1. The van der Waals surface area contributed by atoms with Crippen LogP contribution in [0.4, 0.5) is 5.82 Å². The summed E-state index contributed by atoms with van der Waals surface area (Å²) in [5.74, 6) is 1.88. The van der Waals surface area contributed by atoms with Gasteiger partial charge >= 0.3 is 0 Å². The molecule has 0 aliphatic carbocycles. The molecule has 4 aromatic rings. The van der Waals surface area contributed by atoms with Gasteiger partial charge in [-0.25, -0.2) is 4.98 Å². The van der Waals surface area contributed by atoms with E-state index in [0.29, 0.717) is 42.6 Å². The van der Waals surface area contributed by atoms with Gasteiger partial charge in [0.05, 0.1) is 17.8 Å². The molecule has 1 aliphatic heterocycles. The van der Waals surface area contributed by atoms with E-state index in [4.69, 9.17) is 4.74 Å². The van der Waals surface area contributed by atoms with Crippen molar-refractivity contribution in [1.82, 2.24) is 19.5 Å². The van der Waals surface area contributed by atoms with Gasteiger partial charge in [-0.2, -0.15) is 9.61 Å². The van der Waals surface area contributed by atoms with Gasteiger partial charge in [-0.15, -0.1) is 0 Å². The van der Waals surface area contributed by atoms with Gasteiger partial charge in [0.1, 0.15) is 17.1 Å². The fourth-order valence-electron chi connectivity index (χ4n) is 4.51. The van der Waals surface area contributed by atoms with Gasteiger partial charge in [0, 0.05) is 25.8 Å². The molecule has 5 rings (SSSR count). The molecule has 1 N–H and O–H groups in total. The van der Waals surface area contributed by atoms with E-state index in [9.17, 15) is 4.79 Å². The van der Waals surface area contributed by atoms with Crippen LogP contribution in [0.3, 0.4) is 0 Å². The van der Waals surface area contributed by atoms with E-state index in [2.05, 4.69) is 55.6 Å². The van der Waals surface area contributed by atoms with Crippen LogP contribution in [-0.4, -0.2) is 45.6 Å². The highest BCUT2D eigenvalue weighted by atomic mass is 79.9. The predicted octanol–water partition coefficient (Wildman–Crippen LogP) is 5.13. The molecule has 34 heavy (non-hydrogen) atoms. The number of hydrogen-bond acceptors (Lipinski definition) is 5. The lowest BCUT2D eigenvalue weighted by molar-refractivity contribution is 0.0713. The summed E-state index contributed by atoms with van der Waals surface area (Å²) in [5.41, 5.74) is 3.56. The first-order valence-electron chi connectivity index (χ1n) is 11.4. The fourth-order valence-corrected chi connectivity index (χ4v) is 4.87. The van der Waals surface area contributed by atoms with Gasteiger partial charge < -0.3 is 15.0 Å². The van der Waals surface area contributed by atoms with E-state index in [0.717, 1.165) is 28.6 Å². The molecule has 0 radical (unpaired) electrons. The molecule has 0 unspecified atom stereocenters. The Morgan fingerprint density at radius 1 is 1.12 bits per heavy atom. The first kappa shape index (κ1) is 22.4. The summed E-state index contributed by atoms with van der Waals surface area (Å²) < 4.78 is 7.81. The van der Waals surface area contributed by atoms with Gasteiger partial charge in [0.25, 0.3) is 5.91 Å². The van der Waals surface area contributed by atoms with Crippen molar-refractivity contribution in [3.63, 3.8) is 0 Å². The second-order valence-corrected chi connectivity index (χ2v) is 9.28. The molecule has 2 aromatic heterocycles. The van der Waals surface area contributed by atoms with Crippen LogP contribution in [0.1, 0.15) is 40.2 Å². The van der Waals surface area contributed by atoms with E-state index in [1.165, 1.54) is 5.56 Å². The van der Waals surface area contributed by atoms with Crippen molar-refractivity contribution in [3.05, 3.63) is 88.2 Å². The maximum absolute atomic E-state index is 13.6. The summed E-state index contributed by atoms with van der Waals surface area (Å²) in [6, 6.07) is 18.4. The van der Waals surface area contributed by atoms with Crippen molar-refractivity contribution < 1.29 is 9.53 Å². The highest BCUT2D eigenvalue weighted by Crippen LogP contribution is 2.30. The third-order valence-corrected chi connectivity index (χ3v) is 6.92. The van der Waals surface area contributed by atoms with Crippen LogP contribution in [0, 0.1) is 0 Å². The molecule has 1 fully saturated rings. The van der Waals surface area contributed by atoms with Crippen LogP contribution in [0.2, 0.25) is 0 Å². The number of benzene rings is 2. The molecule has 0 bridgehead atoms. The Balaban J connectivity index is 1.38. The van der Waals surface area contributed by atoms with Gasteiger partial charge in [-0.1, -0.05) is 42.5 Å². The van der Waals surface area contributed by atoms with E-state index in [1.54, 1.807) is 24.0 Å². The second kappa shape index (κ2) is 9.85. The summed E-state index contributed by atoms with van der Waals surface area (Å²) in [5, 5.41) is 7.88. The Bertz CT molecular complexity index is 1300. The summed E-state index contributed by atoms with van der Waals surface area (Å²) in [6.07, 6.45) is 5.25. The number of anilines is 1. The summed E-state index contributed by atoms with van der Waals surface area (Å²) in [4.78, 5) is 20.0. The van der Waals surface area contributed by atoms with E-state index in [-0.39, 0.29) is 5.91 Å². The number of halogens is 1. The van der Waals surface area contributed by atoms with Crippen LogP contribution in [0.5, 0.6) is 5.75 Å². The zero-order valence-corrected chi connectivity index (χ0v) is 20.5. The van der Waals surface area contributed by atoms with Gasteiger partial charge in [-0.3, -0.25) is 4.79 Å². The molecular formula is C26H26BrN5O2. The third kappa shape index (κ3) is 4.50. The second-order valence-electron chi connectivity index (χ2n) is 8.43. The van der Waals surface area contributed by atoms with E-state index in [1.807, 2.05) is 35.2 Å². The van der Waals surface area contributed by atoms with E-state index >= 15 is 0 Å². The number of carbonyl (C=O) groups excluding carboxylic acids is 1. The Hall–Kier alpha value is -3.39. The molecule has 3 heterocycles. The smallest absolute Gasteiger partial charge is 0.259 e. The molecule has 2 aromatic carbocycles. The third-order valence-electron chi connectivity index (χ3n) is 6.36. The van der Waals surface area contributed by atoms with Crippen molar-refractivity contribution in [2.24, 2.45) is 0 Å². The number of amides is 1. The Kier molecular flexibility index (Phi) is 6.49. The number of fused-ring (bicyclic) bond motifs is 1. The van der Waals surface area contributed by atoms with Crippen LogP contribution in [0.25, 0.3) is 5.65 Å². The highest BCUT2D eigenvalue weighted by Gasteiger charge is 2.27. The first-order valence-corrected chi connectivity index (χ1v) is 12.2. The number of rotatable bonds is 6. The minimum Gasteiger partial charge on any atom is -0.497 e. The zero-order valence-electron chi connectivity index (χ0n) is 18.9. The Morgan fingerprint density at radius 3 is 2.68 bits per heavy atom. The number of methoxy groups -OCH3 is 1. The normalized spacial score (nSPS) is 14.4. The molecule has 174 valence electrons. The molecule has 1 aliphatic rings. The van der Waals surface area contributed by atoms with Crippen molar-refractivity contribution >= 4 is 33.3 Å². The molecule has 0 spiro atoms. The molecule has 7 nitrogen and oxygen atoms in total. The maximum atomic E-state index is 13.6. The largest absolute Gasteiger partial charge is 0.497 e. The number of nitrogens with zero attached hydrogens (tertiary/aromatic N) is 4. The average Bonchev–Trinajstić information content (AvgIpc) is 3.28.